The normalized spacial score (nSPS) is 11.8. The number of nitrogens with zero attached hydrogens (tertiary/aromatic N) is 4. The minimum Gasteiger partial charge on any atom is -0.283 e. The average Bonchev–Trinajstić information content (AvgIpc) is 3.32. The van der Waals surface area contributed by atoms with Crippen molar-refractivity contribution in [1.29, 1.82) is 0 Å². The Morgan fingerprint density at radius 2 is 1.61 bits per heavy atom. The highest BCUT2D eigenvalue weighted by Gasteiger charge is 2.22. The summed E-state index contributed by atoms with van der Waals surface area (Å²) in [5.74, 6) is -0.335. The van der Waals surface area contributed by atoms with Crippen LogP contribution in [0.25, 0.3) is 22.6 Å². The summed E-state index contributed by atoms with van der Waals surface area (Å²) in [6, 6.07) is 25.5. The Bertz CT molecular complexity index is 1560. The SMILES string of the molecule is Cc1c(-n2c(-c3cccc(F)c3)csc2=Nc2ccccc2)c(=O)n(-c2ccccc2)n1C. The molecule has 0 bridgehead atoms. The van der Waals surface area contributed by atoms with Gasteiger partial charge in [-0.2, -0.15) is 0 Å². The van der Waals surface area contributed by atoms with Crippen molar-refractivity contribution in [2.45, 2.75) is 6.92 Å². The molecule has 0 amide bonds. The van der Waals surface area contributed by atoms with Gasteiger partial charge in [-0.25, -0.2) is 14.1 Å². The van der Waals surface area contributed by atoms with E-state index in [0.717, 1.165) is 17.1 Å². The molecule has 2 aromatic heterocycles. The summed E-state index contributed by atoms with van der Waals surface area (Å²) in [7, 11) is 1.86. The first-order chi connectivity index (χ1) is 16.0. The summed E-state index contributed by atoms with van der Waals surface area (Å²) >= 11 is 1.41. The molecule has 0 saturated carbocycles. The van der Waals surface area contributed by atoms with Gasteiger partial charge in [0.2, 0.25) is 0 Å². The van der Waals surface area contributed by atoms with E-state index in [4.69, 9.17) is 4.99 Å². The summed E-state index contributed by atoms with van der Waals surface area (Å²) in [5, 5.41) is 1.91. The lowest BCUT2D eigenvalue weighted by Gasteiger charge is -2.08. The molecule has 0 aliphatic heterocycles. The van der Waals surface area contributed by atoms with Crippen LogP contribution in [0.1, 0.15) is 5.69 Å². The van der Waals surface area contributed by atoms with Gasteiger partial charge in [-0.3, -0.25) is 14.0 Å². The van der Waals surface area contributed by atoms with Gasteiger partial charge in [-0.15, -0.1) is 11.3 Å². The van der Waals surface area contributed by atoms with Crippen molar-refractivity contribution >= 4 is 17.0 Å². The predicted octanol–water partition coefficient (Wildman–Crippen LogP) is 5.38. The maximum atomic E-state index is 14.1. The fraction of sp³-hybridized carbons (Fsp3) is 0.0769. The van der Waals surface area contributed by atoms with E-state index in [1.807, 2.05) is 95.3 Å². The monoisotopic (exact) mass is 456 g/mol. The van der Waals surface area contributed by atoms with Gasteiger partial charge in [-0.1, -0.05) is 48.5 Å². The van der Waals surface area contributed by atoms with Crippen LogP contribution >= 0.6 is 11.3 Å². The number of thiazole rings is 1. The molecule has 5 rings (SSSR count). The van der Waals surface area contributed by atoms with Gasteiger partial charge in [0.15, 0.2) is 4.80 Å². The highest BCUT2D eigenvalue weighted by Crippen LogP contribution is 2.25. The first kappa shape index (κ1) is 20.9. The number of aromatic nitrogens is 3. The summed E-state index contributed by atoms with van der Waals surface area (Å²) < 4.78 is 19.4. The molecule has 3 aromatic carbocycles. The number of benzene rings is 3. The standard InChI is InChI=1S/C26H21FN4OS/c1-18-24(25(32)31(29(18)2)22-14-7-4-8-15-22)30-23(19-10-9-11-20(27)16-19)17-33-26(30)28-21-12-5-3-6-13-21/h3-17H,1-2H3. The van der Waals surface area contributed by atoms with Crippen LogP contribution in [0.15, 0.2) is 100 Å². The third-order valence-corrected chi connectivity index (χ3v) is 6.38. The second-order valence-electron chi connectivity index (χ2n) is 7.61. The molecular formula is C26H21FN4OS. The van der Waals surface area contributed by atoms with Crippen LogP contribution in [-0.4, -0.2) is 13.9 Å². The van der Waals surface area contributed by atoms with E-state index in [9.17, 15) is 9.18 Å². The molecule has 5 nitrogen and oxygen atoms in total. The van der Waals surface area contributed by atoms with Crippen LogP contribution in [0.2, 0.25) is 0 Å². The van der Waals surface area contributed by atoms with Crippen molar-refractivity contribution in [1.82, 2.24) is 13.9 Å². The van der Waals surface area contributed by atoms with Gasteiger partial charge < -0.3 is 0 Å². The Kier molecular flexibility index (Phi) is 5.40. The van der Waals surface area contributed by atoms with Crippen LogP contribution in [0, 0.1) is 12.7 Å². The highest BCUT2D eigenvalue weighted by atomic mass is 32.1. The zero-order valence-corrected chi connectivity index (χ0v) is 19.0. The first-order valence-electron chi connectivity index (χ1n) is 10.5. The molecule has 2 heterocycles. The number of para-hydroxylation sites is 2. The van der Waals surface area contributed by atoms with E-state index in [-0.39, 0.29) is 11.4 Å². The summed E-state index contributed by atoms with van der Waals surface area (Å²) in [6.45, 7) is 1.91. The minimum absolute atomic E-state index is 0.174. The largest absolute Gasteiger partial charge is 0.296 e. The fourth-order valence-corrected chi connectivity index (χ4v) is 4.79. The Labute approximate surface area is 193 Å². The Morgan fingerprint density at radius 3 is 2.30 bits per heavy atom. The molecule has 0 spiro atoms. The van der Waals surface area contributed by atoms with Crippen molar-refractivity contribution < 1.29 is 4.39 Å². The molecule has 5 aromatic rings. The smallest absolute Gasteiger partial charge is 0.283 e. The Morgan fingerprint density at radius 1 is 0.909 bits per heavy atom. The molecule has 0 aliphatic rings. The topological polar surface area (TPSA) is 44.2 Å². The summed E-state index contributed by atoms with van der Waals surface area (Å²) in [5.41, 5.74) is 4.01. The lowest BCUT2D eigenvalue weighted by atomic mass is 10.1. The third-order valence-electron chi connectivity index (χ3n) is 5.56. The molecular weight excluding hydrogens is 435 g/mol. The van der Waals surface area contributed by atoms with Crippen LogP contribution < -0.4 is 10.4 Å². The quantitative estimate of drug-likeness (QED) is 0.358. The van der Waals surface area contributed by atoms with Crippen LogP contribution in [0.5, 0.6) is 0 Å². The van der Waals surface area contributed by atoms with Gasteiger partial charge in [0, 0.05) is 18.0 Å². The van der Waals surface area contributed by atoms with Gasteiger partial charge in [0.25, 0.3) is 5.56 Å². The number of rotatable bonds is 4. The number of hydrogen-bond acceptors (Lipinski definition) is 3. The van der Waals surface area contributed by atoms with Gasteiger partial charge in [0.05, 0.1) is 22.8 Å². The zero-order chi connectivity index (χ0) is 22.9. The molecule has 0 saturated heterocycles. The maximum absolute atomic E-state index is 14.1. The van der Waals surface area contributed by atoms with Crippen molar-refractivity contribution in [2.75, 3.05) is 0 Å². The molecule has 0 N–H and O–H groups in total. The van der Waals surface area contributed by atoms with Gasteiger partial charge >= 0.3 is 0 Å². The lowest BCUT2D eigenvalue weighted by Crippen LogP contribution is -2.24. The van der Waals surface area contributed by atoms with Crippen molar-refractivity contribution in [3.8, 4) is 22.6 Å². The van der Waals surface area contributed by atoms with Gasteiger partial charge in [0.1, 0.15) is 11.5 Å². The summed E-state index contributed by atoms with van der Waals surface area (Å²) in [6.07, 6.45) is 0. The first-order valence-corrected chi connectivity index (χ1v) is 11.3. The second kappa shape index (κ2) is 8.52. The molecule has 0 fully saturated rings. The van der Waals surface area contributed by atoms with E-state index in [2.05, 4.69) is 0 Å². The highest BCUT2D eigenvalue weighted by molar-refractivity contribution is 7.07. The Balaban J connectivity index is 1.84. The van der Waals surface area contributed by atoms with E-state index in [1.54, 1.807) is 10.7 Å². The van der Waals surface area contributed by atoms with E-state index in [0.29, 0.717) is 21.7 Å². The van der Waals surface area contributed by atoms with Crippen molar-refractivity contribution in [2.24, 2.45) is 12.0 Å². The third kappa shape index (κ3) is 3.76. The number of halogens is 1. The molecule has 0 aliphatic carbocycles. The second-order valence-corrected chi connectivity index (χ2v) is 8.44. The van der Waals surface area contributed by atoms with Crippen LogP contribution in [0.3, 0.4) is 0 Å². The zero-order valence-electron chi connectivity index (χ0n) is 18.1. The lowest BCUT2D eigenvalue weighted by molar-refractivity contribution is 0.628. The maximum Gasteiger partial charge on any atom is 0.296 e. The fourth-order valence-electron chi connectivity index (χ4n) is 3.88. The average molecular weight is 457 g/mol. The van der Waals surface area contributed by atoms with Crippen molar-refractivity contribution in [3.05, 3.63) is 117 Å². The van der Waals surface area contributed by atoms with E-state index >= 15 is 0 Å². The van der Waals surface area contributed by atoms with Crippen molar-refractivity contribution in [3.63, 3.8) is 0 Å². The van der Waals surface area contributed by atoms with Crippen LogP contribution in [0.4, 0.5) is 10.1 Å². The molecule has 164 valence electrons. The Hall–Kier alpha value is -3.97. The van der Waals surface area contributed by atoms with Gasteiger partial charge in [-0.05, 0) is 43.3 Å². The molecule has 7 heteroatoms. The molecule has 0 atom stereocenters. The van der Waals surface area contributed by atoms with E-state index < -0.39 is 0 Å². The predicted molar refractivity (Wildman–Crippen MR) is 130 cm³/mol. The number of hydrogen-bond donors (Lipinski definition) is 0. The minimum atomic E-state index is -0.335. The summed E-state index contributed by atoms with van der Waals surface area (Å²) in [4.78, 5) is 19.2. The van der Waals surface area contributed by atoms with E-state index in [1.165, 1.54) is 23.5 Å². The van der Waals surface area contributed by atoms with Crippen LogP contribution in [-0.2, 0) is 7.05 Å². The molecule has 0 unspecified atom stereocenters. The molecule has 0 radical (unpaired) electrons. The molecule has 33 heavy (non-hydrogen) atoms.